The molecular weight excluding hydrogens is 220 g/mol. The van der Waals surface area contributed by atoms with Crippen LogP contribution in [-0.2, 0) is 4.79 Å². The molecule has 0 aliphatic carbocycles. The average molecular weight is 234 g/mol. The summed E-state index contributed by atoms with van der Waals surface area (Å²) in [4.78, 5) is 21.8. The highest BCUT2D eigenvalue weighted by atomic mass is 16.3. The molecule has 0 atom stereocenters. The molecule has 0 spiro atoms. The fraction of sp³-hybridized carbons (Fsp3) is 0.182. The van der Waals surface area contributed by atoms with Crippen LogP contribution >= 0.6 is 0 Å². The molecule has 17 heavy (non-hydrogen) atoms. The van der Waals surface area contributed by atoms with Gasteiger partial charge in [-0.05, 0) is 12.1 Å². The van der Waals surface area contributed by atoms with Gasteiger partial charge in [0.15, 0.2) is 5.78 Å². The second-order valence-corrected chi connectivity index (χ2v) is 3.42. The van der Waals surface area contributed by atoms with E-state index in [-0.39, 0.29) is 11.5 Å². The zero-order valence-electron chi connectivity index (χ0n) is 9.70. The molecule has 6 nitrogen and oxygen atoms in total. The maximum atomic E-state index is 11.0. The van der Waals surface area contributed by atoms with E-state index in [1.165, 1.54) is 18.1 Å². The molecule has 1 rings (SSSR count). The van der Waals surface area contributed by atoms with Gasteiger partial charge >= 0.3 is 0 Å². The van der Waals surface area contributed by atoms with Crippen molar-refractivity contribution in [2.75, 3.05) is 12.2 Å². The monoisotopic (exact) mass is 234 g/mol. The molecule has 0 heterocycles. The second-order valence-electron chi connectivity index (χ2n) is 3.42. The van der Waals surface area contributed by atoms with Crippen LogP contribution in [0, 0.1) is 4.91 Å². The molecule has 0 amide bonds. The van der Waals surface area contributed by atoms with Gasteiger partial charge in [-0.2, -0.15) is 0 Å². The number of carbonyl (C=O) groups is 1. The fourth-order valence-electron chi connectivity index (χ4n) is 1.20. The van der Waals surface area contributed by atoms with Crippen molar-refractivity contribution < 1.29 is 4.79 Å². The summed E-state index contributed by atoms with van der Waals surface area (Å²) in [6.45, 7) is 1.35. The van der Waals surface area contributed by atoms with Crippen molar-refractivity contribution >= 4 is 11.5 Å². The second kappa shape index (κ2) is 5.64. The van der Waals surface area contributed by atoms with Gasteiger partial charge in [0, 0.05) is 20.2 Å². The summed E-state index contributed by atoms with van der Waals surface area (Å²) >= 11 is 0. The van der Waals surface area contributed by atoms with Crippen LogP contribution in [-0.4, -0.2) is 17.8 Å². The number of benzene rings is 1. The summed E-state index contributed by atoms with van der Waals surface area (Å²) in [6.07, 6.45) is 1.34. The van der Waals surface area contributed by atoms with E-state index in [1.807, 2.05) is 6.07 Å². The Morgan fingerprint density at radius 2 is 1.94 bits per heavy atom. The highest BCUT2D eigenvalue weighted by Crippen LogP contribution is 2.15. The normalized spacial score (nSPS) is 10.8. The number of Topliss-reactive ketones (excluding diaryl/α,β-unsaturated/α-hetero) is 1. The maximum Gasteiger partial charge on any atom is 0.176 e. The Labute approximate surface area is 99.2 Å². The Bertz CT molecular complexity index is 430. The molecular formula is C11H14N4O2. The lowest BCUT2D eigenvalue weighted by Gasteiger charge is -2.24. The zero-order chi connectivity index (χ0) is 12.8. The van der Waals surface area contributed by atoms with E-state index in [9.17, 15) is 9.70 Å². The van der Waals surface area contributed by atoms with E-state index >= 15 is 0 Å². The Morgan fingerprint density at radius 3 is 2.41 bits per heavy atom. The molecule has 0 saturated heterocycles. The first-order valence-corrected chi connectivity index (χ1v) is 4.95. The molecule has 0 radical (unpaired) electrons. The Hall–Kier alpha value is -2.37. The van der Waals surface area contributed by atoms with E-state index < -0.39 is 0 Å². The third kappa shape index (κ3) is 3.30. The summed E-state index contributed by atoms with van der Waals surface area (Å²) in [5.74, 6) is -0.268. The first-order valence-electron chi connectivity index (χ1n) is 4.95. The van der Waals surface area contributed by atoms with Crippen LogP contribution in [0.2, 0.25) is 0 Å². The molecule has 1 aromatic rings. The number of nitroso groups, excluding NO2 is 1. The molecule has 0 fully saturated rings. The summed E-state index contributed by atoms with van der Waals surface area (Å²) in [7, 11) is 1.57. The van der Waals surface area contributed by atoms with Crippen molar-refractivity contribution in [1.29, 1.82) is 0 Å². The van der Waals surface area contributed by atoms with Gasteiger partial charge in [-0.3, -0.25) is 9.80 Å². The van der Waals surface area contributed by atoms with E-state index in [1.54, 1.807) is 31.3 Å². The van der Waals surface area contributed by atoms with E-state index in [0.29, 0.717) is 5.69 Å². The fourth-order valence-corrected chi connectivity index (χ4v) is 1.20. The topological polar surface area (TPSA) is 79.0 Å². The van der Waals surface area contributed by atoms with Crippen molar-refractivity contribution in [3.8, 4) is 0 Å². The number of para-hydroxylation sites is 1. The highest BCUT2D eigenvalue weighted by molar-refractivity contribution is 5.92. The molecule has 0 aliphatic rings. The number of allylic oxidation sites excluding steroid dienone is 1. The van der Waals surface area contributed by atoms with Crippen molar-refractivity contribution in [3.05, 3.63) is 47.1 Å². The zero-order valence-corrected chi connectivity index (χ0v) is 9.70. The maximum absolute atomic E-state index is 11.0. The van der Waals surface area contributed by atoms with Gasteiger partial charge < -0.3 is 5.73 Å². The number of carbonyl (C=O) groups excluding carboxylic acids is 1. The molecule has 0 unspecified atom stereocenters. The van der Waals surface area contributed by atoms with Crippen LogP contribution < -0.4 is 10.9 Å². The molecule has 2 N–H and O–H groups in total. The number of nitrogens with two attached hydrogens (primary N) is 1. The van der Waals surface area contributed by atoms with Crippen LogP contribution in [0.1, 0.15) is 6.92 Å². The summed E-state index contributed by atoms with van der Waals surface area (Å²) in [5, 5.41) is 5.31. The predicted molar refractivity (Wildman–Crippen MR) is 65.4 cm³/mol. The SMILES string of the molecule is CC(=O)/C(N)=C/N(C)N(N=O)c1ccccc1. The number of hydrogen-bond acceptors (Lipinski definition) is 5. The molecule has 90 valence electrons. The summed E-state index contributed by atoms with van der Waals surface area (Å²) in [5.41, 5.74) is 6.12. The summed E-state index contributed by atoms with van der Waals surface area (Å²) < 4.78 is 0. The number of hydrazine groups is 1. The minimum atomic E-state index is -0.268. The van der Waals surface area contributed by atoms with E-state index in [4.69, 9.17) is 5.73 Å². The van der Waals surface area contributed by atoms with Gasteiger partial charge in [-0.1, -0.05) is 18.2 Å². The lowest BCUT2D eigenvalue weighted by Crippen LogP contribution is -2.32. The number of anilines is 1. The minimum Gasteiger partial charge on any atom is -0.395 e. The Morgan fingerprint density at radius 1 is 1.35 bits per heavy atom. The summed E-state index contributed by atoms with van der Waals surface area (Å²) in [6, 6.07) is 8.82. The minimum absolute atomic E-state index is 0.0529. The first-order chi connectivity index (χ1) is 8.06. The highest BCUT2D eigenvalue weighted by Gasteiger charge is 2.10. The van der Waals surface area contributed by atoms with Gasteiger partial charge in [0.1, 0.15) is 0 Å². The number of rotatable bonds is 5. The number of nitrogens with zero attached hydrogens (tertiary/aromatic N) is 3. The van der Waals surface area contributed by atoms with Gasteiger partial charge in [0.25, 0.3) is 0 Å². The molecule has 0 aliphatic heterocycles. The van der Waals surface area contributed by atoms with E-state index in [0.717, 1.165) is 5.12 Å². The van der Waals surface area contributed by atoms with Gasteiger partial charge in [-0.25, -0.2) is 0 Å². The lowest BCUT2D eigenvalue weighted by atomic mass is 10.3. The molecule has 0 aromatic heterocycles. The predicted octanol–water partition coefficient (Wildman–Crippen LogP) is 1.41. The molecule has 0 bridgehead atoms. The lowest BCUT2D eigenvalue weighted by molar-refractivity contribution is -0.113. The van der Waals surface area contributed by atoms with Crippen LogP contribution in [0.25, 0.3) is 0 Å². The van der Waals surface area contributed by atoms with Crippen LogP contribution in [0.4, 0.5) is 5.69 Å². The molecule has 6 heteroatoms. The van der Waals surface area contributed by atoms with E-state index in [2.05, 4.69) is 5.29 Å². The van der Waals surface area contributed by atoms with Crippen molar-refractivity contribution in [2.24, 2.45) is 11.0 Å². The third-order valence-electron chi connectivity index (χ3n) is 2.10. The van der Waals surface area contributed by atoms with Gasteiger partial charge in [-0.15, -0.1) is 10.0 Å². The van der Waals surface area contributed by atoms with Crippen LogP contribution in [0.15, 0.2) is 47.5 Å². The van der Waals surface area contributed by atoms with Gasteiger partial charge in [0.2, 0.25) is 0 Å². The van der Waals surface area contributed by atoms with Crippen molar-refractivity contribution in [1.82, 2.24) is 5.01 Å². The smallest absolute Gasteiger partial charge is 0.176 e. The molecule has 0 saturated carbocycles. The molecule has 1 aromatic carbocycles. The Balaban J connectivity index is 2.93. The van der Waals surface area contributed by atoms with Crippen LogP contribution in [0.5, 0.6) is 0 Å². The number of ketones is 1. The van der Waals surface area contributed by atoms with Crippen molar-refractivity contribution in [3.63, 3.8) is 0 Å². The average Bonchev–Trinajstić information content (AvgIpc) is 2.31. The Kier molecular flexibility index (Phi) is 4.21. The first kappa shape index (κ1) is 12.7. The third-order valence-corrected chi connectivity index (χ3v) is 2.10. The largest absolute Gasteiger partial charge is 0.395 e. The van der Waals surface area contributed by atoms with Crippen LogP contribution in [0.3, 0.4) is 0 Å². The van der Waals surface area contributed by atoms with Crippen molar-refractivity contribution in [2.45, 2.75) is 6.92 Å². The van der Waals surface area contributed by atoms with Gasteiger partial charge in [0.05, 0.1) is 16.7 Å². The quantitative estimate of drug-likeness (QED) is 0.473. The standard InChI is InChI=1S/C11H14N4O2/c1-9(16)11(12)8-14(2)15(13-17)10-6-4-3-5-7-10/h3-8H,12H2,1-2H3/b11-8-. The number of hydrogen-bond donors (Lipinski definition) is 1.